The molecule has 6 nitrogen and oxygen atoms in total. The second-order valence-corrected chi connectivity index (χ2v) is 3.41. The summed E-state index contributed by atoms with van der Waals surface area (Å²) in [6.45, 7) is -0.187. The molecular formula is C12H15NO5. The lowest BCUT2D eigenvalue weighted by Crippen LogP contribution is -2.28. The Morgan fingerprint density at radius 3 is 2.39 bits per heavy atom. The van der Waals surface area contributed by atoms with Crippen LogP contribution in [-0.2, 0) is 14.3 Å². The summed E-state index contributed by atoms with van der Waals surface area (Å²) >= 11 is 0. The van der Waals surface area contributed by atoms with E-state index in [9.17, 15) is 9.90 Å². The van der Waals surface area contributed by atoms with Crippen molar-refractivity contribution in [3.8, 4) is 5.75 Å². The Morgan fingerprint density at radius 2 is 1.89 bits per heavy atom. The second-order valence-electron chi connectivity index (χ2n) is 3.41. The molecule has 0 amide bonds. The van der Waals surface area contributed by atoms with Crippen LogP contribution in [0.25, 0.3) is 0 Å². The molecule has 0 saturated carbocycles. The average Bonchev–Trinajstić information content (AvgIpc) is 2.43. The highest BCUT2D eigenvalue weighted by Gasteiger charge is 2.15. The van der Waals surface area contributed by atoms with Crippen LogP contribution in [0.15, 0.2) is 24.3 Å². The monoisotopic (exact) mass is 253 g/mol. The number of carbonyl (C=O) groups excluding carboxylic acids is 1. The summed E-state index contributed by atoms with van der Waals surface area (Å²) in [5.41, 5.74) is 0.610. The smallest absolute Gasteiger partial charge is 0.338 e. The van der Waals surface area contributed by atoms with Gasteiger partial charge in [-0.3, -0.25) is 5.41 Å². The van der Waals surface area contributed by atoms with Crippen LogP contribution < -0.4 is 4.74 Å². The van der Waals surface area contributed by atoms with E-state index in [4.69, 9.17) is 14.9 Å². The summed E-state index contributed by atoms with van der Waals surface area (Å²) in [6.07, 6.45) is -1.31. The third-order valence-electron chi connectivity index (χ3n) is 2.20. The first kappa shape index (κ1) is 14.0. The van der Waals surface area contributed by atoms with Crippen molar-refractivity contribution >= 4 is 11.9 Å². The van der Waals surface area contributed by atoms with Crippen LogP contribution in [-0.4, -0.2) is 43.9 Å². The van der Waals surface area contributed by atoms with Crippen LogP contribution in [0.2, 0.25) is 0 Å². The summed E-state index contributed by atoms with van der Waals surface area (Å²) in [7, 11) is 2.61. The van der Waals surface area contributed by atoms with Crippen molar-refractivity contribution in [3.63, 3.8) is 0 Å². The van der Waals surface area contributed by atoms with E-state index >= 15 is 0 Å². The van der Waals surface area contributed by atoms with Crippen molar-refractivity contribution < 1.29 is 24.1 Å². The van der Waals surface area contributed by atoms with E-state index in [1.165, 1.54) is 14.2 Å². The molecule has 2 N–H and O–H groups in total. The molecule has 0 radical (unpaired) electrons. The van der Waals surface area contributed by atoms with Gasteiger partial charge in [0.25, 0.3) is 0 Å². The summed E-state index contributed by atoms with van der Waals surface area (Å²) in [5, 5.41) is 16.7. The molecule has 0 spiro atoms. The van der Waals surface area contributed by atoms with Crippen molar-refractivity contribution in [1.82, 2.24) is 0 Å². The largest absolute Gasteiger partial charge is 0.490 e. The fourth-order valence-corrected chi connectivity index (χ4v) is 1.20. The molecule has 0 aliphatic carbocycles. The molecule has 0 saturated heterocycles. The van der Waals surface area contributed by atoms with Gasteiger partial charge in [-0.15, -0.1) is 0 Å². The topological polar surface area (TPSA) is 88.8 Å². The number of aliphatic hydroxyl groups is 1. The molecule has 0 heterocycles. The Bertz CT molecular complexity index is 415. The van der Waals surface area contributed by atoms with Crippen LogP contribution in [0.4, 0.5) is 0 Å². The van der Waals surface area contributed by atoms with Gasteiger partial charge in [0, 0.05) is 5.56 Å². The molecule has 6 heteroatoms. The quantitative estimate of drug-likeness (QED) is 0.455. The number of hydrogen-bond acceptors (Lipinski definition) is 6. The minimum absolute atomic E-state index is 0.0520. The van der Waals surface area contributed by atoms with Gasteiger partial charge in [-0.2, -0.15) is 0 Å². The lowest BCUT2D eigenvalue weighted by Gasteiger charge is -2.10. The molecule has 1 atom stereocenters. The Balaban J connectivity index is 2.54. The minimum Gasteiger partial charge on any atom is -0.490 e. The van der Waals surface area contributed by atoms with Gasteiger partial charge in [-0.25, -0.2) is 4.79 Å². The molecule has 18 heavy (non-hydrogen) atoms. The summed E-state index contributed by atoms with van der Waals surface area (Å²) in [4.78, 5) is 10.9. The van der Waals surface area contributed by atoms with Gasteiger partial charge in [0.05, 0.1) is 14.2 Å². The van der Waals surface area contributed by atoms with Crippen LogP contribution in [0.3, 0.4) is 0 Å². The maximum atomic E-state index is 10.9. The van der Waals surface area contributed by atoms with Gasteiger partial charge in [-0.05, 0) is 24.3 Å². The van der Waals surface area contributed by atoms with Gasteiger partial charge in [0.1, 0.15) is 12.4 Å². The number of hydrogen-bond donors (Lipinski definition) is 2. The molecule has 0 unspecified atom stereocenters. The maximum Gasteiger partial charge on any atom is 0.338 e. The molecule has 1 aromatic carbocycles. The first-order chi connectivity index (χ1) is 8.58. The summed E-state index contributed by atoms with van der Waals surface area (Å²) in [6, 6.07) is 6.52. The second kappa shape index (κ2) is 6.61. The number of rotatable bonds is 5. The number of esters is 1. The normalized spacial score (nSPS) is 11.5. The van der Waals surface area contributed by atoms with Crippen molar-refractivity contribution in [2.45, 2.75) is 6.10 Å². The number of nitrogens with one attached hydrogen (secondary N) is 1. The lowest BCUT2D eigenvalue weighted by molar-refractivity contribution is -0.151. The molecular weight excluding hydrogens is 238 g/mol. The van der Waals surface area contributed by atoms with Gasteiger partial charge >= 0.3 is 5.97 Å². The Morgan fingerprint density at radius 1 is 1.28 bits per heavy atom. The third kappa shape index (κ3) is 3.74. The molecule has 1 rings (SSSR count). The number of benzene rings is 1. The van der Waals surface area contributed by atoms with E-state index in [0.717, 1.165) is 0 Å². The zero-order valence-electron chi connectivity index (χ0n) is 10.2. The van der Waals surface area contributed by atoms with E-state index in [1.807, 2.05) is 0 Å². The Labute approximate surface area is 105 Å². The molecule has 0 fully saturated rings. The molecule has 0 aromatic heterocycles. The fourth-order valence-electron chi connectivity index (χ4n) is 1.20. The van der Waals surface area contributed by atoms with Gasteiger partial charge in [0.15, 0.2) is 6.10 Å². The predicted octanol–water partition coefficient (Wildman–Crippen LogP) is 0.571. The molecule has 0 aliphatic heterocycles. The number of ether oxygens (including phenoxy) is 3. The van der Waals surface area contributed by atoms with Crippen LogP contribution in [0, 0.1) is 5.41 Å². The van der Waals surface area contributed by atoms with Crippen LogP contribution in [0.1, 0.15) is 5.56 Å². The first-order valence-corrected chi connectivity index (χ1v) is 5.20. The highest BCUT2D eigenvalue weighted by molar-refractivity contribution is 5.91. The Hall–Kier alpha value is -2.08. The SMILES string of the molecule is COC(=N)c1ccc(OC[C@@H](O)C(=O)OC)cc1. The van der Waals surface area contributed by atoms with Crippen molar-refractivity contribution in [1.29, 1.82) is 5.41 Å². The number of carbonyl (C=O) groups is 1. The summed E-state index contributed by atoms with van der Waals surface area (Å²) < 4.78 is 14.3. The Kier molecular flexibility index (Phi) is 5.13. The first-order valence-electron chi connectivity index (χ1n) is 5.20. The van der Waals surface area contributed by atoms with Crippen molar-refractivity contribution in [2.75, 3.05) is 20.8 Å². The van der Waals surface area contributed by atoms with E-state index in [2.05, 4.69) is 4.74 Å². The third-order valence-corrected chi connectivity index (χ3v) is 2.20. The molecule has 1 aromatic rings. The zero-order chi connectivity index (χ0) is 13.5. The maximum absolute atomic E-state index is 10.9. The van der Waals surface area contributed by atoms with Crippen molar-refractivity contribution in [3.05, 3.63) is 29.8 Å². The molecule has 0 aliphatic rings. The van der Waals surface area contributed by atoms with Crippen molar-refractivity contribution in [2.24, 2.45) is 0 Å². The van der Waals surface area contributed by atoms with Gasteiger partial charge < -0.3 is 19.3 Å². The standard InChI is InChI=1S/C12H15NO5/c1-16-11(13)8-3-5-9(6-4-8)18-7-10(14)12(15)17-2/h3-6,10,13-14H,7H2,1-2H3/t10-/m1/s1. The van der Waals surface area contributed by atoms with E-state index in [-0.39, 0.29) is 12.5 Å². The van der Waals surface area contributed by atoms with E-state index < -0.39 is 12.1 Å². The average molecular weight is 253 g/mol. The fraction of sp³-hybridized carbons (Fsp3) is 0.333. The van der Waals surface area contributed by atoms with Crippen LogP contribution >= 0.6 is 0 Å². The number of aliphatic hydroxyl groups excluding tert-OH is 1. The zero-order valence-corrected chi connectivity index (χ0v) is 10.2. The highest BCUT2D eigenvalue weighted by atomic mass is 16.5. The van der Waals surface area contributed by atoms with Gasteiger partial charge in [0.2, 0.25) is 5.90 Å². The van der Waals surface area contributed by atoms with E-state index in [0.29, 0.717) is 11.3 Å². The lowest BCUT2D eigenvalue weighted by atomic mass is 10.2. The van der Waals surface area contributed by atoms with Gasteiger partial charge in [-0.1, -0.05) is 0 Å². The summed E-state index contributed by atoms with van der Waals surface area (Å²) in [5.74, 6) is -0.213. The molecule has 0 bridgehead atoms. The highest BCUT2D eigenvalue weighted by Crippen LogP contribution is 2.13. The number of methoxy groups -OCH3 is 2. The molecule has 98 valence electrons. The predicted molar refractivity (Wildman–Crippen MR) is 63.8 cm³/mol. The van der Waals surface area contributed by atoms with Crippen LogP contribution in [0.5, 0.6) is 5.75 Å². The van der Waals surface area contributed by atoms with E-state index in [1.54, 1.807) is 24.3 Å². The minimum atomic E-state index is -1.31.